The van der Waals surface area contributed by atoms with Crippen LogP contribution in [0.3, 0.4) is 0 Å². The summed E-state index contributed by atoms with van der Waals surface area (Å²) in [5.74, 6) is 1.39. The first-order chi connectivity index (χ1) is 16.3. The maximum Gasteiger partial charge on any atom is 0.255 e. The molecule has 3 aromatic carbocycles. The Kier molecular flexibility index (Phi) is 8.38. The maximum atomic E-state index is 13.2. The van der Waals surface area contributed by atoms with Crippen LogP contribution in [0.1, 0.15) is 74.2 Å². The molecule has 180 valence electrons. The van der Waals surface area contributed by atoms with Crippen LogP contribution in [0.2, 0.25) is 0 Å². The largest absolute Gasteiger partial charge is 0.493 e. The summed E-state index contributed by atoms with van der Waals surface area (Å²) in [6.07, 6.45) is 1.72. The molecule has 34 heavy (non-hydrogen) atoms. The minimum absolute atomic E-state index is 0.0936. The van der Waals surface area contributed by atoms with Crippen molar-refractivity contribution in [2.24, 2.45) is 0 Å². The Morgan fingerprint density at radius 3 is 2.03 bits per heavy atom. The molecule has 0 aliphatic rings. The summed E-state index contributed by atoms with van der Waals surface area (Å²) >= 11 is 0. The van der Waals surface area contributed by atoms with E-state index in [1.165, 1.54) is 5.56 Å². The van der Waals surface area contributed by atoms with E-state index in [9.17, 15) is 4.79 Å². The van der Waals surface area contributed by atoms with E-state index in [1.54, 1.807) is 0 Å². The molecule has 0 spiro atoms. The molecule has 4 heteroatoms. The van der Waals surface area contributed by atoms with E-state index in [0.717, 1.165) is 46.7 Å². The average Bonchev–Trinajstić information content (AvgIpc) is 2.83. The number of carbonyl (C=O) groups excluding carboxylic acids is 1. The molecular weight excluding hydrogens is 422 g/mol. The molecule has 4 nitrogen and oxygen atoms in total. The van der Waals surface area contributed by atoms with Crippen LogP contribution in [0, 0.1) is 0 Å². The molecule has 3 aromatic rings. The molecule has 1 amide bonds. The Hall–Kier alpha value is -3.27. The highest BCUT2D eigenvalue weighted by molar-refractivity contribution is 6.05. The average molecular weight is 460 g/mol. The first-order valence-corrected chi connectivity index (χ1v) is 12.2. The third kappa shape index (κ3) is 6.19. The summed E-state index contributed by atoms with van der Waals surface area (Å²) in [5, 5.41) is 3.15. The number of hydrogen-bond donors (Lipinski definition) is 1. The van der Waals surface area contributed by atoms with Gasteiger partial charge in [0, 0.05) is 16.8 Å². The van der Waals surface area contributed by atoms with Gasteiger partial charge in [-0.2, -0.15) is 0 Å². The number of para-hydroxylation sites is 1. The van der Waals surface area contributed by atoms with Crippen molar-refractivity contribution < 1.29 is 14.3 Å². The van der Waals surface area contributed by atoms with Gasteiger partial charge in [0.25, 0.3) is 5.91 Å². The number of ether oxygens (including phenoxy) is 2. The minimum Gasteiger partial charge on any atom is -0.493 e. The molecule has 0 saturated heterocycles. The van der Waals surface area contributed by atoms with Crippen LogP contribution in [0.5, 0.6) is 11.5 Å². The lowest BCUT2D eigenvalue weighted by Crippen LogP contribution is -2.15. The van der Waals surface area contributed by atoms with Gasteiger partial charge in [0.2, 0.25) is 0 Å². The predicted molar refractivity (Wildman–Crippen MR) is 140 cm³/mol. The van der Waals surface area contributed by atoms with Gasteiger partial charge in [-0.05, 0) is 72.2 Å². The maximum absolute atomic E-state index is 13.2. The van der Waals surface area contributed by atoms with Crippen molar-refractivity contribution in [1.29, 1.82) is 0 Å². The second kappa shape index (κ2) is 11.2. The Balaban J connectivity index is 1.81. The predicted octanol–water partition coefficient (Wildman–Crippen LogP) is 7.34. The van der Waals surface area contributed by atoms with Crippen molar-refractivity contribution in [3.05, 3.63) is 88.5 Å². The molecule has 0 saturated carbocycles. The van der Waals surface area contributed by atoms with Crippen LogP contribution in [-0.4, -0.2) is 12.5 Å². The van der Waals surface area contributed by atoms with E-state index in [2.05, 4.69) is 64.2 Å². The normalized spacial score (nSPS) is 11.2. The number of anilines is 1. The Labute approximate surface area is 204 Å². The van der Waals surface area contributed by atoms with Gasteiger partial charge in [-0.1, -0.05) is 65.0 Å². The molecule has 0 aliphatic carbocycles. The van der Waals surface area contributed by atoms with E-state index >= 15 is 0 Å². The topological polar surface area (TPSA) is 47.6 Å². The molecule has 0 fully saturated rings. The smallest absolute Gasteiger partial charge is 0.255 e. The van der Waals surface area contributed by atoms with E-state index in [1.807, 2.05) is 43.3 Å². The van der Waals surface area contributed by atoms with Crippen LogP contribution in [0.4, 0.5) is 5.69 Å². The zero-order chi connectivity index (χ0) is 24.7. The number of hydrogen-bond acceptors (Lipinski definition) is 3. The minimum atomic E-state index is -0.130. The summed E-state index contributed by atoms with van der Waals surface area (Å²) in [6, 6.07) is 19.9. The van der Waals surface area contributed by atoms with Crippen molar-refractivity contribution in [1.82, 2.24) is 0 Å². The van der Waals surface area contributed by atoms with Crippen molar-refractivity contribution in [2.75, 3.05) is 11.9 Å². The van der Waals surface area contributed by atoms with Crippen LogP contribution in [-0.2, 0) is 24.9 Å². The van der Waals surface area contributed by atoms with Crippen molar-refractivity contribution in [3.63, 3.8) is 0 Å². The fourth-order valence-electron chi connectivity index (χ4n) is 3.93. The molecule has 0 unspecified atom stereocenters. The van der Waals surface area contributed by atoms with E-state index in [0.29, 0.717) is 18.8 Å². The fourth-order valence-corrected chi connectivity index (χ4v) is 3.93. The summed E-state index contributed by atoms with van der Waals surface area (Å²) in [7, 11) is 0. The molecule has 0 aliphatic heterocycles. The molecule has 0 aromatic heterocycles. The SMILES string of the molecule is CCOc1ccc(C(=O)Nc2c(CC)cccc2CC)cc1COc1ccc(C(C)(C)C)cc1. The first-order valence-electron chi connectivity index (χ1n) is 12.2. The highest BCUT2D eigenvalue weighted by Crippen LogP contribution is 2.28. The van der Waals surface area contributed by atoms with E-state index in [4.69, 9.17) is 9.47 Å². The highest BCUT2D eigenvalue weighted by Gasteiger charge is 2.16. The molecule has 0 heterocycles. The van der Waals surface area contributed by atoms with Gasteiger partial charge in [-0.25, -0.2) is 0 Å². The number of aryl methyl sites for hydroxylation is 2. The van der Waals surface area contributed by atoms with Gasteiger partial charge in [0.05, 0.1) is 6.61 Å². The van der Waals surface area contributed by atoms with E-state index in [-0.39, 0.29) is 11.3 Å². The van der Waals surface area contributed by atoms with Crippen LogP contribution in [0.15, 0.2) is 60.7 Å². The first kappa shape index (κ1) is 25.4. The van der Waals surface area contributed by atoms with Crippen molar-refractivity contribution >= 4 is 11.6 Å². The lowest BCUT2D eigenvalue weighted by molar-refractivity contribution is 0.102. The third-order valence-corrected chi connectivity index (χ3v) is 5.97. The summed E-state index contributed by atoms with van der Waals surface area (Å²) in [4.78, 5) is 13.2. The summed E-state index contributed by atoms with van der Waals surface area (Å²) in [6.45, 7) is 13.6. The fraction of sp³-hybridized carbons (Fsp3) is 0.367. The van der Waals surface area contributed by atoms with Gasteiger partial charge in [-0.15, -0.1) is 0 Å². The number of nitrogens with one attached hydrogen (secondary N) is 1. The van der Waals surface area contributed by atoms with Gasteiger partial charge in [-0.3, -0.25) is 4.79 Å². The van der Waals surface area contributed by atoms with Crippen LogP contribution in [0.25, 0.3) is 0 Å². The lowest BCUT2D eigenvalue weighted by atomic mass is 9.87. The van der Waals surface area contributed by atoms with E-state index < -0.39 is 0 Å². The second-order valence-corrected chi connectivity index (χ2v) is 9.43. The second-order valence-electron chi connectivity index (χ2n) is 9.43. The summed E-state index contributed by atoms with van der Waals surface area (Å²) in [5.41, 5.74) is 5.97. The third-order valence-electron chi connectivity index (χ3n) is 5.97. The molecular formula is C30H37NO3. The number of benzene rings is 3. The standard InChI is InChI=1S/C30H37NO3/c1-7-21-11-10-12-22(8-2)28(21)31-29(32)23-13-18-27(33-9-3)24(19-23)20-34-26-16-14-25(15-17-26)30(4,5)6/h10-19H,7-9,20H2,1-6H3,(H,31,32). The molecule has 0 radical (unpaired) electrons. The zero-order valence-electron chi connectivity index (χ0n) is 21.3. The lowest BCUT2D eigenvalue weighted by Gasteiger charge is -2.19. The van der Waals surface area contributed by atoms with Crippen LogP contribution < -0.4 is 14.8 Å². The quantitative estimate of drug-likeness (QED) is 0.364. The van der Waals surface area contributed by atoms with Gasteiger partial charge in [0.15, 0.2) is 0 Å². The molecule has 1 N–H and O–H groups in total. The van der Waals surface area contributed by atoms with Gasteiger partial charge >= 0.3 is 0 Å². The monoisotopic (exact) mass is 459 g/mol. The molecule has 0 bridgehead atoms. The number of carbonyl (C=O) groups is 1. The number of amides is 1. The van der Waals surface area contributed by atoms with Gasteiger partial charge < -0.3 is 14.8 Å². The van der Waals surface area contributed by atoms with Gasteiger partial charge in [0.1, 0.15) is 18.1 Å². The Bertz CT molecular complexity index is 1090. The van der Waals surface area contributed by atoms with Crippen molar-refractivity contribution in [2.45, 2.75) is 66.4 Å². The zero-order valence-corrected chi connectivity index (χ0v) is 21.3. The molecule has 3 rings (SSSR count). The summed E-state index contributed by atoms with van der Waals surface area (Å²) < 4.78 is 11.9. The number of rotatable bonds is 9. The Morgan fingerprint density at radius 1 is 0.824 bits per heavy atom. The van der Waals surface area contributed by atoms with Crippen molar-refractivity contribution in [3.8, 4) is 11.5 Å². The molecule has 0 atom stereocenters. The Morgan fingerprint density at radius 2 is 1.47 bits per heavy atom. The highest BCUT2D eigenvalue weighted by atomic mass is 16.5. The van der Waals surface area contributed by atoms with Crippen LogP contribution >= 0.6 is 0 Å².